The van der Waals surface area contributed by atoms with Crippen molar-refractivity contribution in [2.24, 2.45) is 0 Å². The van der Waals surface area contributed by atoms with Crippen molar-refractivity contribution in [3.63, 3.8) is 0 Å². The minimum atomic E-state index is -4.17. The van der Waals surface area contributed by atoms with Crippen LogP contribution >= 0.6 is 0 Å². The molecule has 0 unspecified atom stereocenters. The molecule has 0 saturated heterocycles. The van der Waals surface area contributed by atoms with Crippen LogP contribution < -0.4 is 5.73 Å². The quantitative estimate of drug-likeness (QED) is 0.865. The molecule has 1 saturated carbocycles. The van der Waals surface area contributed by atoms with Crippen LogP contribution in [0.3, 0.4) is 0 Å². The van der Waals surface area contributed by atoms with Crippen LogP contribution in [-0.4, -0.2) is 23.7 Å². The van der Waals surface area contributed by atoms with Crippen molar-refractivity contribution in [1.82, 2.24) is 4.90 Å². The molecule has 0 spiro atoms. The standard InChI is InChI=1S/C16H17F3N2/c17-16(18,19)10-21(14-5-6-14)9-13-7-11-3-1-2-4-12(11)8-15(13)20/h1-4,7-8,14H,5-6,9-10,20H2. The van der Waals surface area contributed by atoms with Gasteiger partial charge in [0, 0.05) is 18.3 Å². The Kier molecular flexibility index (Phi) is 3.53. The van der Waals surface area contributed by atoms with E-state index in [1.165, 1.54) is 4.90 Å². The summed E-state index contributed by atoms with van der Waals surface area (Å²) in [5.41, 5.74) is 7.34. The van der Waals surface area contributed by atoms with Gasteiger partial charge in [-0.3, -0.25) is 4.90 Å². The number of fused-ring (bicyclic) bond motifs is 1. The molecule has 0 aromatic heterocycles. The third-order valence-electron chi connectivity index (χ3n) is 3.83. The second-order valence-corrected chi connectivity index (χ2v) is 5.65. The number of rotatable bonds is 4. The van der Waals surface area contributed by atoms with Gasteiger partial charge in [-0.05, 0) is 41.3 Å². The largest absolute Gasteiger partial charge is 0.401 e. The average molecular weight is 294 g/mol. The zero-order chi connectivity index (χ0) is 15.0. The lowest BCUT2D eigenvalue weighted by molar-refractivity contribution is -0.148. The first-order chi connectivity index (χ1) is 9.92. The summed E-state index contributed by atoms with van der Waals surface area (Å²) in [4.78, 5) is 1.49. The predicted molar refractivity (Wildman–Crippen MR) is 77.8 cm³/mol. The summed E-state index contributed by atoms with van der Waals surface area (Å²) < 4.78 is 38.0. The van der Waals surface area contributed by atoms with E-state index < -0.39 is 12.7 Å². The van der Waals surface area contributed by atoms with E-state index in [1.54, 1.807) is 0 Å². The molecule has 2 N–H and O–H groups in total. The smallest absolute Gasteiger partial charge is 0.398 e. The maximum Gasteiger partial charge on any atom is 0.401 e. The molecule has 2 aromatic carbocycles. The van der Waals surface area contributed by atoms with Crippen molar-refractivity contribution in [2.45, 2.75) is 31.6 Å². The molecule has 0 bridgehead atoms. The summed E-state index contributed by atoms with van der Waals surface area (Å²) >= 11 is 0. The summed E-state index contributed by atoms with van der Waals surface area (Å²) in [5, 5.41) is 2.01. The molecule has 0 atom stereocenters. The predicted octanol–water partition coefficient (Wildman–Crippen LogP) is 3.95. The van der Waals surface area contributed by atoms with Crippen LogP contribution in [0.15, 0.2) is 36.4 Å². The maximum absolute atomic E-state index is 12.7. The van der Waals surface area contributed by atoms with E-state index in [4.69, 9.17) is 5.73 Å². The Balaban J connectivity index is 1.86. The fourth-order valence-corrected chi connectivity index (χ4v) is 2.64. The topological polar surface area (TPSA) is 29.3 Å². The van der Waals surface area contributed by atoms with Gasteiger partial charge in [0.05, 0.1) is 6.54 Å². The Hall–Kier alpha value is -1.75. The summed E-state index contributed by atoms with van der Waals surface area (Å²) in [7, 11) is 0. The van der Waals surface area contributed by atoms with E-state index in [1.807, 2.05) is 36.4 Å². The Morgan fingerprint density at radius 3 is 2.29 bits per heavy atom. The normalized spacial score (nSPS) is 15.8. The monoisotopic (exact) mass is 294 g/mol. The van der Waals surface area contributed by atoms with Gasteiger partial charge < -0.3 is 5.73 Å². The summed E-state index contributed by atoms with van der Waals surface area (Å²) in [5.74, 6) is 0. The zero-order valence-electron chi connectivity index (χ0n) is 11.5. The third kappa shape index (κ3) is 3.47. The van der Waals surface area contributed by atoms with Gasteiger partial charge in [-0.25, -0.2) is 0 Å². The maximum atomic E-state index is 12.7. The summed E-state index contributed by atoms with van der Waals surface area (Å²) in [6.45, 7) is -0.620. The zero-order valence-corrected chi connectivity index (χ0v) is 11.5. The third-order valence-corrected chi connectivity index (χ3v) is 3.83. The van der Waals surface area contributed by atoms with Gasteiger partial charge in [-0.2, -0.15) is 13.2 Å². The van der Waals surface area contributed by atoms with E-state index in [0.717, 1.165) is 29.2 Å². The van der Waals surface area contributed by atoms with E-state index in [-0.39, 0.29) is 12.6 Å². The number of alkyl halides is 3. The van der Waals surface area contributed by atoms with Gasteiger partial charge in [0.25, 0.3) is 0 Å². The average Bonchev–Trinajstić information content (AvgIpc) is 3.21. The highest BCUT2D eigenvalue weighted by atomic mass is 19.4. The van der Waals surface area contributed by atoms with Crippen LogP contribution in [-0.2, 0) is 6.54 Å². The Bertz CT molecular complexity index is 648. The van der Waals surface area contributed by atoms with Crippen LogP contribution in [0.1, 0.15) is 18.4 Å². The molecule has 1 aliphatic carbocycles. The van der Waals surface area contributed by atoms with Crippen molar-refractivity contribution in [3.05, 3.63) is 42.0 Å². The molecule has 0 radical (unpaired) electrons. The van der Waals surface area contributed by atoms with E-state index >= 15 is 0 Å². The second-order valence-electron chi connectivity index (χ2n) is 5.65. The van der Waals surface area contributed by atoms with Crippen molar-refractivity contribution in [2.75, 3.05) is 12.3 Å². The highest BCUT2D eigenvalue weighted by Crippen LogP contribution is 2.33. The van der Waals surface area contributed by atoms with Crippen LogP contribution in [0.5, 0.6) is 0 Å². The van der Waals surface area contributed by atoms with Crippen LogP contribution in [0.4, 0.5) is 18.9 Å². The molecule has 0 amide bonds. The Morgan fingerprint density at radius 2 is 1.71 bits per heavy atom. The number of nitrogen functional groups attached to an aromatic ring is 1. The Morgan fingerprint density at radius 1 is 1.10 bits per heavy atom. The van der Waals surface area contributed by atoms with Crippen molar-refractivity contribution >= 4 is 16.5 Å². The van der Waals surface area contributed by atoms with Crippen molar-refractivity contribution in [3.8, 4) is 0 Å². The van der Waals surface area contributed by atoms with Crippen LogP contribution in [0.25, 0.3) is 10.8 Å². The minimum Gasteiger partial charge on any atom is -0.398 e. The van der Waals surface area contributed by atoms with Gasteiger partial charge in [0.1, 0.15) is 0 Å². The van der Waals surface area contributed by atoms with Gasteiger partial charge in [0.2, 0.25) is 0 Å². The fourth-order valence-electron chi connectivity index (χ4n) is 2.64. The SMILES string of the molecule is Nc1cc2ccccc2cc1CN(CC(F)(F)F)C1CC1. The number of anilines is 1. The molecule has 2 aromatic rings. The fraction of sp³-hybridized carbons (Fsp3) is 0.375. The minimum absolute atomic E-state index is 0.0393. The molecule has 3 rings (SSSR count). The van der Waals surface area contributed by atoms with E-state index in [9.17, 15) is 13.2 Å². The molecular weight excluding hydrogens is 277 g/mol. The van der Waals surface area contributed by atoms with Crippen LogP contribution in [0.2, 0.25) is 0 Å². The van der Waals surface area contributed by atoms with Gasteiger partial charge in [-0.15, -0.1) is 0 Å². The number of hydrogen-bond donors (Lipinski definition) is 1. The molecule has 21 heavy (non-hydrogen) atoms. The highest BCUT2D eigenvalue weighted by molar-refractivity contribution is 5.86. The number of nitrogens with zero attached hydrogens (tertiary/aromatic N) is 1. The number of hydrogen-bond acceptors (Lipinski definition) is 2. The molecule has 5 heteroatoms. The molecule has 112 valence electrons. The summed E-state index contributed by atoms with van der Waals surface area (Å²) in [6.07, 6.45) is -2.50. The first kappa shape index (κ1) is 14.2. The van der Waals surface area contributed by atoms with Gasteiger partial charge in [-0.1, -0.05) is 24.3 Å². The summed E-state index contributed by atoms with van der Waals surface area (Å²) in [6, 6.07) is 11.5. The first-order valence-corrected chi connectivity index (χ1v) is 7.00. The molecule has 0 aliphatic heterocycles. The number of benzene rings is 2. The lowest BCUT2D eigenvalue weighted by Gasteiger charge is -2.24. The number of halogens is 3. The molecule has 2 nitrogen and oxygen atoms in total. The highest BCUT2D eigenvalue weighted by Gasteiger charge is 2.38. The molecule has 0 heterocycles. The Labute approximate surface area is 121 Å². The molecular formula is C16H17F3N2. The van der Waals surface area contributed by atoms with Crippen LogP contribution in [0, 0.1) is 0 Å². The number of nitrogens with two attached hydrogens (primary N) is 1. The van der Waals surface area contributed by atoms with Crippen molar-refractivity contribution < 1.29 is 13.2 Å². The molecule has 1 fully saturated rings. The van der Waals surface area contributed by atoms with Gasteiger partial charge >= 0.3 is 6.18 Å². The van der Waals surface area contributed by atoms with Gasteiger partial charge in [0.15, 0.2) is 0 Å². The lowest BCUT2D eigenvalue weighted by atomic mass is 10.0. The van der Waals surface area contributed by atoms with Crippen molar-refractivity contribution in [1.29, 1.82) is 0 Å². The first-order valence-electron chi connectivity index (χ1n) is 7.00. The second kappa shape index (κ2) is 5.22. The van der Waals surface area contributed by atoms with E-state index in [0.29, 0.717) is 5.69 Å². The lowest BCUT2D eigenvalue weighted by Crippen LogP contribution is -2.35. The van der Waals surface area contributed by atoms with E-state index in [2.05, 4.69) is 0 Å². The molecule has 1 aliphatic rings.